The van der Waals surface area contributed by atoms with Crippen molar-refractivity contribution in [2.75, 3.05) is 12.0 Å². The minimum atomic E-state index is -0.0710. The predicted molar refractivity (Wildman–Crippen MR) is 95.0 cm³/mol. The van der Waals surface area contributed by atoms with Crippen molar-refractivity contribution in [1.29, 1.82) is 0 Å². The normalized spacial score (nSPS) is 15.1. The zero-order valence-corrected chi connectivity index (χ0v) is 14.3. The van der Waals surface area contributed by atoms with Crippen LogP contribution in [0.5, 0.6) is 5.75 Å². The number of methoxy groups -OCH3 is 1. The van der Waals surface area contributed by atoms with Gasteiger partial charge in [0.05, 0.1) is 13.3 Å². The summed E-state index contributed by atoms with van der Waals surface area (Å²) in [5.41, 5.74) is 1.96. The second kappa shape index (κ2) is 6.20. The lowest BCUT2D eigenvalue weighted by Crippen LogP contribution is -2.40. The Labute approximate surface area is 146 Å². The number of amides is 1. The molecule has 1 fully saturated rings. The van der Waals surface area contributed by atoms with E-state index < -0.39 is 0 Å². The summed E-state index contributed by atoms with van der Waals surface area (Å²) in [6.07, 6.45) is 7.39. The van der Waals surface area contributed by atoms with E-state index >= 15 is 0 Å². The van der Waals surface area contributed by atoms with Gasteiger partial charge < -0.3 is 9.64 Å². The number of carbonyl (C=O) groups is 1. The first-order valence-electron chi connectivity index (χ1n) is 8.45. The molecule has 1 saturated carbocycles. The lowest BCUT2D eigenvalue weighted by Gasteiger charge is -2.29. The maximum Gasteiger partial charge on any atom is 0.264 e. The zero-order chi connectivity index (χ0) is 17.4. The van der Waals surface area contributed by atoms with Gasteiger partial charge in [-0.2, -0.15) is 5.10 Å². The summed E-state index contributed by atoms with van der Waals surface area (Å²) in [5, 5.41) is 4.25. The van der Waals surface area contributed by atoms with E-state index in [4.69, 9.17) is 4.74 Å². The molecule has 128 valence electrons. The molecule has 0 saturated heterocycles. The molecular weight excluding hydrogens is 316 g/mol. The van der Waals surface area contributed by atoms with Gasteiger partial charge in [0.25, 0.3) is 5.91 Å². The summed E-state index contributed by atoms with van der Waals surface area (Å²) in [6, 6.07) is 9.53. The van der Waals surface area contributed by atoms with E-state index in [0.29, 0.717) is 17.1 Å². The first-order valence-corrected chi connectivity index (χ1v) is 8.45. The number of hydrogen-bond acceptors (Lipinski definition) is 4. The van der Waals surface area contributed by atoms with E-state index in [1.165, 1.54) is 0 Å². The van der Waals surface area contributed by atoms with Crippen LogP contribution in [0.2, 0.25) is 0 Å². The Hall–Kier alpha value is -2.89. The molecule has 0 N–H and O–H groups in total. The number of hydrogen-bond donors (Lipinski definition) is 0. The van der Waals surface area contributed by atoms with Crippen LogP contribution in [0.15, 0.2) is 48.9 Å². The van der Waals surface area contributed by atoms with Gasteiger partial charge >= 0.3 is 0 Å². The molecule has 1 amide bonds. The number of ether oxygens (including phenoxy) is 1. The van der Waals surface area contributed by atoms with Crippen LogP contribution in [0.1, 0.15) is 30.1 Å². The van der Waals surface area contributed by atoms with Crippen molar-refractivity contribution >= 4 is 17.2 Å². The van der Waals surface area contributed by atoms with Gasteiger partial charge in [0, 0.05) is 24.1 Å². The van der Waals surface area contributed by atoms with E-state index in [1.54, 1.807) is 36.3 Å². The van der Waals surface area contributed by atoms with Crippen molar-refractivity contribution < 1.29 is 9.53 Å². The topological polar surface area (TPSA) is 59.7 Å². The Morgan fingerprint density at radius 2 is 2.08 bits per heavy atom. The van der Waals surface area contributed by atoms with Gasteiger partial charge in [0.15, 0.2) is 5.65 Å². The Kier molecular flexibility index (Phi) is 3.87. The highest BCUT2D eigenvalue weighted by atomic mass is 16.5. The average Bonchev–Trinajstić information content (AvgIpc) is 3.41. The Bertz CT molecular complexity index is 899. The molecule has 0 unspecified atom stereocenters. The Morgan fingerprint density at radius 1 is 1.32 bits per heavy atom. The minimum Gasteiger partial charge on any atom is -0.497 e. The van der Waals surface area contributed by atoms with Gasteiger partial charge in [-0.1, -0.05) is 0 Å². The van der Waals surface area contributed by atoms with Crippen molar-refractivity contribution in [3.05, 3.63) is 54.5 Å². The third-order valence-electron chi connectivity index (χ3n) is 4.79. The van der Waals surface area contributed by atoms with Gasteiger partial charge in [-0.3, -0.25) is 4.79 Å². The molecule has 6 nitrogen and oxygen atoms in total. The average molecular weight is 336 g/mol. The van der Waals surface area contributed by atoms with Crippen molar-refractivity contribution in [3.8, 4) is 5.75 Å². The molecule has 0 aliphatic heterocycles. The van der Waals surface area contributed by atoms with Crippen LogP contribution in [0.3, 0.4) is 0 Å². The molecule has 0 spiro atoms. The van der Waals surface area contributed by atoms with Gasteiger partial charge in [-0.15, -0.1) is 0 Å². The fraction of sp³-hybridized carbons (Fsp3) is 0.316. The van der Waals surface area contributed by atoms with Crippen LogP contribution in [0.4, 0.5) is 5.69 Å². The standard InChI is InChI=1S/C19H20N4O2/c1-13(14-4-5-14)23(15-6-8-16(25-2)9-7-15)19(24)17-12-21-22-11-3-10-20-18(17)22/h3,6-14H,4-5H2,1-2H3/t13-/m0/s1. The van der Waals surface area contributed by atoms with Crippen LogP contribution >= 0.6 is 0 Å². The number of anilines is 1. The minimum absolute atomic E-state index is 0.0710. The molecule has 2 aromatic heterocycles. The van der Waals surface area contributed by atoms with Crippen LogP contribution in [0, 0.1) is 5.92 Å². The number of fused-ring (bicyclic) bond motifs is 1. The van der Waals surface area contributed by atoms with Crippen molar-refractivity contribution in [3.63, 3.8) is 0 Å². The highest BCUT2D eigenvalue weighted by Crippen LogP contribution is 2.38. The van der Waals surface area contributed by atoms with E-state index in [2.05, 4.69) is 17.0 Å². The summed E-state index contributed by atoms with van der Waals surface area (Å²) in [5.74, 6) is 1.24. The molecule has 1 aromatic carbocycles. The number of benzene rings is 1. The molecular formula is C19H20N4O2. The van der Waals surface area contributed by atoms with Crippen LogP contribution < -0.4 is 9.64 Å². The van der Waals surface area contributed by atoms with Gasteiger partial charge in [0.1, 0.15) is 11.3 Å². The second-order valence-electron chi connectivity index (χ2n) is 6.40. The Balaban J connectivity index is 1.75. The van der Waals surface area contributed by atoms with E-state index in [9.17, 15) is 4.79 Å². The zero-order valence-electron chi connectivity index (χ0n) is 14.3. The van der Waals surface area contributed by atoms with Crippen LogP contribution in [-0.4, -0.2) is 33.7 Å². The largest absolute Gasteiger partial charge is 0.497 e. The molecule has 0 radical (unpaired) electrons. The lowest BCUT2D eigenvalue weighted by molar-refractivity contribution is 0.0977. The predicted octanol–water partition coefficient (Wildman–Crippen LogP) is 3.18. The van der Waals surface area contributed by atoms with Gasteiger partial charge in [-0.05, 0) is 56.0 Å². The van der Waals surface area contributed by atoms with Crippen molar-refractivity contribution in [1.82, 2.24) is 14.6 Å². The van der Waals surface area contributed by atoms with E-state index in [0.717, 1.165) is 24.3 Å². The molecule has 4 rings (SSSR count). The second-order valence-corrected chi connectivity index (χ2v) is 6.40. The van der Waals surface area contributed by atoms with Crippen LogP contribution in [0.25, 0.3) is 5.65 Å². The quantitative estimate of drug-likeness (QED) is 0.718. The SMILES string of the molecule is COc1ccc(N(C(=O)c2cnn3cccnc23)[C@@H](C)C2CC2)cc1. The molecule has 1 aliphatic rings. The highest BCUT2D eigenvalue weighted by molar-refractivity contribution is 6.10. The number of rotatable bonds is 5. The summed E-state index contributed by atoms with van der Waals surface area (Å²) < 4.78 is 6.86. The molecule has 1 atom stereocenters. The summed E-state index contributed by atoms with van der Waals surface area (Å²) in [7, 11) is 1.63. The molecule has 6 heteroatoms. The molecule has 2 heterocycles. The summed E-state index contributed by atoms with van der Waals surface area (Å²) >= 11 is 0. The van der Waals surface area contributed by atoms with Crippen molar-refractivity contribution in [2.24, 2.45) is 5.92 Å². The highest BCUT2D eigenvalue weighted by Gasteiger charge is 2.36. The maximum atomic E-state index is 13.3. The monoisotopic (exact) mass is 336 g/mol. The number of carbonyl (C=O) groups excluding carboxylic acids is 1. The third-order valence-corrected chi connectivity index (χ3v) is 4.79. The molecule has 3 aromatic rings. The van der Waals surface area contributed by atoms with Crippen LogP contribution in [-0.2, 0) is 0 Å². The maximum absolute atomic E-state index is 13.3. The molecule has 1 aliphatic carbocycles. The van der Waals surface area contributed by atoms with Gasteiger partial charge in [0.2, 0.25) is 0 Å². The molecule has 0 bridgehead atoms. The first-order chi connectivity index (χ1) is 12.2. The van der Waals surface area contributed by atoms with Crippen molar-refractivity contribution in [2.45, 2.75) is 25.8 Å². The van der Waals surface area contributed by atoms with E-state index in [-0.39, 0.29) is 11.9 Å². The van der Waals surface area contributed by atoms with Gasteiger partial charge in [-0.25, -0.2) is 9.50 Å². The lowest BCUT2D eigenvalue weighted by atomic mass is 10.1. The number of aromatic nitrogens is 3. The first kappa shape index (κ1) is 15.6. The number of nitrogens with zero attached hydrogens (tertiary/aromatic N) is 4. The smallest absolute Gasteiger partial charge is 0.264 e. The summed E-state index contributed by atoms with van der Waals surface area (Å²) in [6.45, 7) is 2.11. The third kappa shape index (κ3) is 2.84. The fourth-order valence-electron chi connectivity index (χ4n) is 3.18. The fourth-order valence-corrected chi connectivity index (χ4v) is 3.18. The van der Waals surface area contributed by atoms with E-state index in [1.807, 2.05) is 29.2 Å². The molecule has 25 heavy (non-hydrogen) atoms. The Morgan fingerprint density at radius 3 is 2.76 bits per heavy atom. The summed E-state index contributed by atoms with van der Waals surface area (Å²) in [4.78, 5) is 19.5.